The van der Waals surface area contributed by atoms with E-state index >= 15 is 0 Å². The zero-order valence-corrected chi connectivity index (χ0v) is 16.1. The van der Waals surface area contributed by atoms with Crippen molar-refractivity contribution in [2.45, 2.75) is 0 Å². The molecule has 3 heteroatoms. The molecule has 0 fully saturated rings. The molecule has 3 aromatic rings. The van der Waals surface area contributed by atoms with Crippen molar-refractivity contribution in [3.8, 4) is 0 Å². The molecule has 0 aliphatic carbocycles. The predicted octanol–water partition coefficient (Wildman–Crippen LogP) is 2.89. The zero-order valence-electron chi connectivity index (χ0n) is 11.3. The Morgan fingerprint density at radius 1 is 0.476 bits per heavy atom. The number of hydrogen-bond acceptors (Lipinski definition) is 0. The van der Waals surface area contributed by atoms with Gasteiger partial charge in [0.15, 0.2) is 0 Å². The molecule has 0 radical (unpaired) electrons. The van der Waals surface area contributed by atoms with Crippen LogP contribution < -0.4 is 13.1 Å². The van der Waals surface area contributed by atoms with Gasteiger partial charge in [-0.3, -0.25) is 0 Å². The van der Waals surface area contributed by atoms with Crippen molar-refractivity contribution in [3.63, 3.8) is 0 Å². The van der Waals surface area contributed by atoms with Crippen LogP contribution in [0.4, 0.5) is 0 Å². The first-order valence-corrected chi connectivity index (χ1v) is 12.0. The Balaban J connectivity index is 0.000000774. The normalized spacial score (nSPS) is 9.90. The summed E-state index contributed by atoms with van der Waals surface area (Å²) in [4.78, 5) is 0. The van der Waals surface area contributed by atoms with Crippen LogP contribution in [0.15, 0.2) is 91.0 Å². The van der Waals surface area contributed by atoms with Crippen LogP contribution in [0.2, 0.25) is 0 Å². The van der Waals surface area contributed by atoms with E-state index in [-0.39, 0.29) is 0 Å². The molecule has 0 N–H and O–H groups in total. The Bertz CT molecular complexity index is 535. The zero-order chi connectivity index (χ0) is 14.9. The van der Waals surface area contributed by atoms with E-state index < -0.39 is 14.7 Å². The molecule has 0 aliphatic rings. The van der Waals surface area contributed by atoms with Gasteiger partial charge in [-0.1, -0.05) is 0 Å². The van der Waals surface area contributed by atoms with Crippen LogP contribution >= 0.6 is 9.19 Å². The minimum absolute atomic E-state index is 1.39. The summed E-state index contributed by atoms with van der Waals surface area (Å²) in [5, 5.41) is 0. The molecule has 0 aliphatic heterocycles. The van der Waals surface area contributed by atoms with Gasteiger partial charge in [-0.15, -0.1) is 0 Å². The van der Waals surface area contributed by atoms with Crippen LogP contribution in [0, 0.1) is 0 Å². The SMILES string of the molecule is [Cl][Au].c1ccc([As](c2ccccc2)c2ccccc2)cc1. The molecule has 0 bridgehead atoms. The van der Waals surface area contributed by atoms with Crippen LogP contribution in [0.3, 0.4) is 0 Å². The molecule has 0 heterocycles. The third-order valence-corrected chi connectivity index (χ3v) is 8.17. The second kappa shape index (κ2) is 9.30. The van der Waals surface area contributed by atoms with Crippen LogP contribution in [0.1, 0.15) is 0 Å². The van der Waals surface area contributed by atoms with Gasteiger partial charge in [-0.25, -0.2) is 0 Å². The molecule has 0 saturated carbocycles. The third-order valence-electron chi connectivity index (χ3n) is 3.04. The topological polar surface area (TPSA) is 0 Å². The molecule has 0 aromatic heterocycles. The van der Waals surface area contributed by atoms with E-state index in [9.17, 15) is 0 Å². The number of benzene rings is 3. The molecule has 3 aromatic carbocycles. The summed E-state index contributed by atoms with van der Waals surface area (Å²) in [6.45, 7) is 0. The van der Waals surface area contributed by atoms with Gasteiger partial charge in [0, 0.05) is 0 Å². The molecule has 0 amide bonds. The maximum atomic E-state index is 4.58. The fourth-order valence-electron chi connectivity index (χ4n) is 2.18. The Kier molecular flexibility index (Phi) is 7.36. The van der Waals surface area contributed by atoms with Crippen molar-refractivity contribution in [3.05, 3.63) is 91.0 Å². The molecule has 0 unspecified atom stereocenters. The van der Waals surface area contributed by atoms with Gasteiger partial charge in [-0.05, 0) is 0 Å². The molecule has 0 nitrogen and oxygen atoms in total. The quantitative estimate of drug-likeness (QED) is 0.450. The van der Waals surface area contributed by atoms with Crippen LogP contribution in [0.25, 0.3) is 0 Å². The van der Waals surface area contributed by atoms with Crippen molar-refractivity contribution >= 4 is 36.9 Å². The summed E-state index contributed by atoms with van der Waals surface area (Å²) in [5.74, 6) is 0. The standard InChI is InChI=1S/C18H15As.Au.ClH/c1-4-10-16(11-5-1)19(17-12-6-2-7-13-17)18-14-8-3-9-15-18;;/h1-15H;;1H/q;+1;/p-1. The van der Waals surface area contributed by atoms with Crippen molar-refractivity contribution in [2.24, 2.45) is 0 Å². The maximum absolute atomic E-state index is 4.58. The molecule has 110 valence electrons. The van der Waals surface area contributed by atoms with Crippen molar-refractivity contribution in [2.75, 3.05) is 0 Å². The molecule has 0 atom stereocenters. The molecular formula is C18H15AsAuCl. The summed E-state index contributed by atoms with van der Waals surface area (Å²) in [6.07, 6.45) is 0. The van der Waals surface area contributed by atoms with E-state index in [1.54, 1.807) is 20.0 Å². The summed E-state index contributed by atoms with van der Waals surface area (Å²) >= 11 is 0.360. The Hall–Kier alpha value is -0.751. The second-order valence-corrected chi connectivity index (χ2v) is 9.00. The molecule has 0 spiro atoms. The van der Waals surface area contributed by atoms with E-state index in [0.29, 0.717) is 0 Å². The summed E-state index contributed by atoms with van der Waals surface area (Å²) < 4.78 is 4.44. The summed E-state index contributed by atoms with van der Waals surface area (Å²) in [6, 6.07) is 32.7. The van der Waals surface area contributed by atoms with Gasteiger partial charge >= 0.3 is 148 Å². The van der Waals surface area contributed by atoms with E-state index in [1.807, 2.05) is 0 Å². The van der Waals surface area contributed by atoms with E-state index in [0.717, 1.165) is 0 Å². The Labute approximate surface area is 147 Å². The monoisotopic (exact) mass is 538 g/mol. The van der Waals surface area contributed by atoms with Gasteiger partial charge in [-0.2, -0.15) is 0 Å². The predicted molar refractivity (Wildman–Crippen MR) is 89.8 cm³/mol. The average molecular weight is 539 g/mol. The van der Waals surface area contributed by atoms with E-state index in [2.05, 4.69) is 100 Å². The first-order chi connectivity index (χ1) is 10.4. The van der Waals surface area contributed by atoms with Crippen LogP contribution in [-0.4, -0.2) is 14.7 Å². The summed E-state index contributed by atoms with van der Waals surface area (Å²) in [7, 11) is 4.58. The van der Waals surface area contributed by atoms with Gasteiger partial charge in [0.05, 0.1) is 0 Å². The fraction of sp³-hybridized carbons (Fsp3) is 0. The molecule has 0 saturated heterocycles. The second-order valence-electron chi connectivity index (χ2n) is 4.34. The van der Waals surface area contributed by atoms with Gasteiger partial charge in [0.1, 0.15) is 0 Å². The number of halogens is 1. The minimum atomic E-state index is -1.39. The average Bonchev–Trinajstić information content (AvgIpc) is 2.60. The molecule has 21 heavy (non-hydrogen) atoms. The van der Waals surface area contributed by atoms with Gasteiger partial charge in [0.2, 0.25) is 0 Å². The Morgan fingerprint density at radius 3 is 0.952 bits per heavy atom. The van der Waals surface area contributed by atoms with Crippen molar-refractivity contribution in [1.82, 2.24) is 0 Å². The molecule has 3 rings (SSSR count). The number of rotatable bonds is 3. The fourth-order valence-corrected chi connectivity index (χ4v) is 7.02. The van der Waals surface area contributed by atoms with Gasteiger partial charge < -0.3 is 0 Å². The first-order valence-electron chi connectivity index (χ1n) is 6.52. The third kappa shape index (κ3) is 4.61. The van der Waals surface area contributed by atoms with Gasteiger partial charge in [0.25, 0.3) is 0 Å². The van der Waals surface area contributed by atoms with Crippen LogP contribution in [0.5, 0.6) is 0 Å². The van der Waals surface area contributed by atoms with E-state index in [1.165, 1.54) is 13.1 Å². The first kappa shape index (κ1) is 16.6. The van der Waals surface area contributed by atoms with E-state index in [4.69, 9.17) is 0 Å². The number of hydrogen-bond donors (Lipinski definition) is 0. The Morgan fingerprint density at radius 2 is 0.714 bits per heavy atom. The van der Waals surface area contributed by atoms with Crippen molar-refractivity contribution in [1.29, 1.82) is 0 Å². The molecular weight excluding hydrogens is 524 g/mol. The van der Waals surface area contributed by atoms with Crippen molar-refractivity contribution < 1.29 is 20.0 Å². The van der Waals surface area contributed by atoms with Crippen LogP contribution in [-0.2, 0) is 20.0 Å². The summed E-state index contributed by atoms with van der Waals surface area (Å²) in [5.41, 5.74) is 0.